The van der Waals surface area contributed by atoms with Gasteiger partial charge in [0.05, 0.1) is 28.9 Å². The van der Waals surface area contributed by atoms with Gasteiger partial charge in [0.1, 0.15) is 5.75 Å². The fraction of sp³-hybridized carbons (Fsp3) is 0.250. The van der Waals surface area contributed by atoms with E-state index in [0.717, 1.165) is 61.9 Å². The summed E-state index contributed by atoms with van der Waals surface area (Å²) in [6.45, 7) is 8.12. The van der Waals surface area contributed by atoms with Gasteiger partial charge in [-0.05, 0) is 86.8 Å². The lowest BCUT2D eigenvalue weighted by atomic mass is 9.86. The van der Waals surface area contributed by atoms with Gasteiger partial charge in [-0.15, -0.1) is 0 Å². The van der Waals surface area contributed by atoms with Crippen LogP contribution in [0.15, 0.2) is 67.1 Å². The summed E-state index contributed by atoms with van der Waals surface area (Å²) >= 11 is 0. The molecule has 1 atom stereocenters. The highest BCUT2D eigenvalue weighted by Gasteiger charge is 2.33. The number of pyridine rings is 3. The molecule has 0 fully saturated rings. The molecule has 39 heavy (non-hydrogen) atoms. The lowest BCUT2D eigenvalue weighted by Crippen LogP contribution is -2.28. The van der Waals surface area contributed by atoms with Gasteiger partial charge in [-0.2, -0.15) is 0 Å². The lowest BCUT2D eigenvalue weighted by Gasteiger charge is -2.29. The van der Waals surface area contributed by atoms with Crippen molar-refractivity contribution in [3.05, 3.63) is 83.8 Å². The molecule has 0 radical (unpaired) electrons. The van der Waals surface area contributed by atoms with E-state index in [2.05, 4.69) is 4.98 Å². The van der Waals surface area contributed by atoms with Crippen molar-refractivity contribution in [3.8, 4) is 28.1 Å². The van der Waals surface area contributed by atoms with Gasteiger partial charge < -0.3 is 14.6 Å². The SMILES string of the molecule is Cc1cc2nc(-c3cccnc3)ccc2c(-c2ccc3c4c(ccnc24)CCO3)c1[C@H](OC(C)(C)C)C(=O)O. The van der Waals surface area contributed by atoms with E-state index in [9.17, 15) is 9.90 Å². The first-order chi connectivity index (χ1) is 18.7. The molecular formula is C32H29N3O4. The fourth-order valence-corrected chi connectivity index (χ4v) is 5.41. The summed E-state index contributed by atoms with van der Waals surface area (Å²) in [6.07, 6.45) is 4.92. The van der Waals surface area contributed by atoms with Crippen molar-refractivity contribution in [2.75, 3.05) is 6.61 Å². The Bertz CT molecular complexity index is 1730. The molecule has 3 aromatic heterocycles. The summed E-state index contributed by atoms with van der Waals surface area (Å²) in [5.41, 5.74) is 6.66. The molecule has 4 heterocycles. The Balaban J connectivity index is 1.70. The molecule has 0 saturated carbocycles. The minimum atomic E-state index is -1.19. The second-order valence-electron chi connectivity index (χ2n) is 10.8. The molecule has 0 saturated heterocycles. The van der Waals surface area contributed by atoms with Crippen molar-refractivity contribution in [2.24, 2.45) is 0 Å². The van der Waals surface area contributed by atoms with Crippen molar-refractivity contribution in [1.29, 1.82) is 0 Å². The van der Waals surface area contributed by atoms with E-state index in [1.54, 1.807) is 12.4 Å². The van der Waals surface area contributed by atoms with Crippen LogP contribution in [0.3, 0.4) is 0 Å². The van der Waals surface area contributed by atoms with Crippen LogP contribution in [0, 0.1) is 6.92 Å². The molecule has 0 amide bonds. The van der Waals surface area contributed by atoms with Gasteiger partial charge in [0.25, 0.3) is 0 Å². The van der Waals surface area contributed by atoms with Crippen LogP contribution >= 0.6 is 0 Å². The summed E-state index contributed by atoms with van der Waals surface area (Å²) in [5, 5.41) is 12.2. The first-order valence-corrected chi connectivity index (χ1v) is 13.0. The van der Waals surface area contributed by atoms with E-state index in [0.29, 0.717) is 12.2 Å². The van der Waals surface area contributed by atoms with Gasteiger partial charge in [0.15, 0.2) is 6.10 Å². The molecule has 1 N–H and O–H groups in total. The Morgan fingerprint density at radius 2 is 1.95 bits per heavy atom. The molecule has 0 bridgehead atoms. The van der Waals surface area contributed by atoms with Crippen LogP contribution in [0.5, 0.6) is 5.75 Å². The zero-order valence-corrected chi connectivity index (χ0v) is 22.4. The molecule has 0 unspecified atom stereocenters. The molecule has 2 aromatic carbocycles. The fourth-order valence-electron chi connectivity index (χ4n) is 5.41. The second kappa shape index (κ2) is 9.43. The van der Waals surface area contributed by atoms with Crippen molar-refractivity contribution in [3.63, 3.8) is 0 Å². The molecule has 1 aliphatic heterocycles. The standard InChI is InChI=1S/C32H29N3O4/c1-18-16-24-21(7-9-23(35-24)20-6-5-13-33-17-20)28(26(18)30(31(36)37)39-32(2,3)4)22-8-10-25-27-19(12-15-38-25)11-14-34-29(22)27/h5-11,13-14,16-17,30H,12,15H2,1-4H3,(H,36,37)/t30-/m0/s1. The van der Waals surface area contributed by atoms with Crippen LogP contribution in [0.4, 0.5) is 0 Å². The minimum Gasteiger partial charge on any atom is -0.493 e. The number of hydrogen-bond acceptors (Lipinski definition) is 6. The van der Waals surface area contributed by atoms with Gasteiger partial charge in [-0.25, -0.2) is 9.78 Å². The lowest BCUT2D eigenvalue weighted by molar-refractivity contribution is -0.160. The van der Waals surface area contributed by atoms with Crippen molar-refractivity contribution in [2.45, 2.75) is 45.8 Å². The van der Waals surface area contributed by atoms with Gasteiger partial charge in [-0.3, -0.25) is 9.97 Å². The molecule has 7 nitrogen and oxygen atoms in total. The normalized spacial score (nSPS) is 13.8. The van der Waals surface area contributed by atoms with Crippen LogP contribution in [0.25, 0.3) is 44.2 Å². The third-order valence-corrected chi connectivity index (χ3v) is 7.00. The third kappa shape index (κ3) is 4.49. The number of hydrogen-bond donors (Lipinski definition) is 1. The van der Waals surface area contributed by atoms with E-state index in [1.807, 2.05) is 82.4 Å². The topological polar surface area (TPSA) is 94.4 Å². The first kappa shape index (κ1) is 24.9. The maximum absolute atomic E-state index is 12.7. The molecular weight excluding hydrogens is 490 g/mol. The highest BCUT2D eigenvalue weighted by molar-refractivity contribution is 6.08. The van der Waals surface area contributed by atoms with Crippen molar-refractivity contribution in [1.82, 2.24) is 15.0 Å². The Labute approximate surface area is 226 Å². The van der Waals surface area contributed by atoms with Crippen LogP contribution < -0.4 is 4.74 Å². The predicted octanol–water partition coefficient (Wildman–Crippen LogP) is 6.70. The van der Waals surface area contributed by atoms with Crippen LogP contribution in [-0.2, 0) is 16.0 Å². The van der Waals surface area contributed by atoms with E-state index in [-0.39, 0.29) is 0 Å². The van der Waals surface area contributed by atoms with E-state index in [1.165, 1.54) is 5.56 Å². The Hall–Kier alpha value is -4.36. The maximum atomic E-state index is 12.7. The minimum absolute atomic E-state index is 0.597. The summed E-state index contributed by atoms with van der Waals surface area (Å²) in [7, 11) is 0. The molecule has 1 aliphatic rings. The van der Waals surface area contributed by atoms with E-state index < -0.39 is 17.7 Å². The molecule has 0 aliphatic carbocycles. The Morgan fingerprint density at radius 1 is 1.10 bits per heavy atom. The van der Waals surface area contributed by atoms with Crippen LogP contribution in [0.2, 0.25) is 0 Å². The number of carboxylic acid groups (broad SMARTS) is 1. The highest BCUT2D eigenvalue weighted by atomic mass is 16.5. The maximum Gasteiger partial charge on any atom is 0.337 e. The summed E-state index contributed by atoms with van der Waals surface area (Å²) in [5.74, 6) is -0.257. The zero-order chi connectivity index (χ0) is 27.3. The number of carbonyl (C=O) groups is 1. The molecule has 196 valence electrons. The van der Waals surface area contributed by atoms with Gasteiger partial charge in [0.2, 0.25) is 0 Å². The first-order valence-electron chi connectivity index (χ1n) is 13.0. The number of aryl methyl sites for hydroxylation is 1. The number of aromatic nitrogens is 3. The zero-order valence-electron chi connectivity index (χ0n) is 22.4. The van der Waals surface area contributed by atoms with Gasteiger partial charge in [0, 0.05) is 52.5 Å². The number of carboxylic acids is 1. The molecule has 0 spiro atoms. The van der Waals surface area contributed by atoms with Crippen molar-refractivity contribution < 1.29 is 19.4 Å². The average Bonchev–Trinajstić information content (AvgIpc) is 2.91. The summed E-state index contributed by atoms with van der Waals surface area (Å²) in [6, 6.07) is 15.7. The number of rotatable bonds is 5. The number of benzene rings is 2. The molecule has 5 aromatic rings. The van der Waals surface area contributed by atoms with Gasteiger partial charge >= 0.3 is 5.97 Å². The number of nitrogens with zero attached hydrogens (tertiary/aromatic N) is 3. The van der Waals surface area contributed by atoms with Crippen LogP contribution in [-0.4, -0.2) is 38.2 Å². The molecule has 7 heteroatoms. The highest BCUT2D eigenvalue weighted by Crippen LogP contribution is 2.45. The van der Waals surface area contributed by atoms with E-state index in [4.69, 9.17) is 19.4 Å². The predicted molar refractivity (Wildman–Crippen MR) is 151 cm³/mol. The second-order valence-corrected chi connectivity index (χ2v) is 10.8. The van der Waals surface area contributed by atoms with Crippen molar-refractivity contribution >= 4 is 27.8 Å². The summed E-state index contributed by atoms with van der Waals surface area (Å²) < 4.78 is 12.2. The van der Waals surface area contributed by atoms with Gasteiger partial charge in [-0.1, -0.05) is 6.07 Å². The van der Waals surface area contributed by atoms with E-state index >= 15 is 0 Å². The summed E-state index contributed by atoms with van der Waals surface area (Å²) in [4.78, 5) is 26.7. The smallest absolute Gasteiger partial charge is 0.337 e. The Morgan fingerprint density at radius 3 is 2.69 bits per heavy atom. The quantitative estimate of drug-likeness (QED) is 0.276. The number of fused-ring (bicyclic) bond motifs is 1. The number of ether oxygens (including phenoxy) is 2. The molecule has 6 rings (SSSR count). The van der Waals surface area contributed by atoms with Crippen LogP contribution in [0.1, 0.15) is 43.6 Å². The number of aliphatic carboxylic acids is 1. The third-order valence-electron chi connectivity index (χ3n) is 7.00. The Kier molecular flexibility index (Phi) is 6.03. The average molecular weight is 520 g/mol. The monoisotopic (exact) mass is 519 g/mol. The largest absolute Gasteiger partial charge is 0.493 e.